The SMILES string of the molecule is Cc1cc(C)nc(Sc2c(F)cc(C=O)cc2F)c1. The van der Waals surface area contributed by atoms with Gasteiger partial charge in [0, 0.05) is 11.3 Å². The first kappa shape index (κ1) is 13.7. The van der Waals surface area contributed by atoms with Gasteiger partial charge >= 0.3 is 0 Å². The Kier molecular flexibility index (Phi) is 3.95. The third kappa shape index (κ3) is 3.17. The molecule has 0 N–H and O–H groups in total. The summed E-state index contributed by atoms with van der Waals surface area (Å²) in [4.78, 5) is 14.6. The van der Waals surface area contributed by atoms with Crippen molar-refractivity contribution in [2.24, 2.45) is 0 Å². The van der Waals surface area contributed by atoms with Gasteiger partial charge in [-0.2, -0.15) is 0 Å². The van der Waals surface area contributed by atoms with Gasteiger partial charge in [0.1, 0.15) is 22.9 Å². The standard InChI is InChI=1S/C14H11F2NOS/c1-8-3-9(2)17-13(4-8)19-14-11(15)5-10(7-18)6-12(14)16/h3-7H,1-2H3. The van der Waals surface area contributed by atoms with Gasteiger partial charge in [0.05, 0.1) is 4.90 Å². The lowest BCUT2D eigenvalue weighted by atomic mass is 10.2. The predicted octanol–water partition coefficient (Wildman–Crippen LogP) is 3.94. The highest BCUT2D eigenvalue weighted by atomic mass is 32.2. The zero-order chi connectivity index (χ0) is 14.0. The van der Waals surface area contributed by atoms with E-state index in [2.05, 4.69) is 4.98 Å². The van der Waals surface area contributed by atoms with Crippen molar-refractivity contribution in [1.82, 2.24) is 4.98 Å². The van der Waals surface area contributed by atoms with Gasteiger partial charge in [0.2, 0.25) is 0 Å². The Hall–Kier alpha value is -1.75. The van der Waals surface area contributed by atoms with E-state index < -0.39 is 11.6 Å². The maximum absolute atomic E-state index is 13.7. The molecular weight excluding hydrogens is 268 g/mol. The van der Waals surface area contributed by atoms with Crippen LogP contribution in [0, 0.1) is 25.5 Å². The zero-order valence-electron chi connectivity index (χ0n) is 10.4. The van der Waals surface area contributed by atoms with Crippen molar-refractivity contribution in [1.29, 1.82) is 0 Å². The summed E-state index contributed by atoms with van der Waals surface area (Å²) >= 11 is 0.911. The number of pyridine rings is 1. The summed E-state index contributed by atoms with van der Waals surface area (Å²) in [6.45, 7) is 3.71. The van der Waals surface area contributed by atoms with Crippen LogP contribution in [0.15, 0.2) is 34.2 Å². The van der Waals surface area contributed by atoms with Crippen LogP contribution in [0.3, 0.4) is 0 Å². The van der Waals surface area contributed by atoms with Gasteiger partial charge in [-0.25, -0.2) is 13.8 Å². The van der Waals surface area contributed by atoms with Crippen molar-refractivity contribution in [3.05, 3.63) is 52.7 Å². The van der Waals surface area contributed by atoms with Gasteiger partial charge in [0.25, 0.3) is 0 Å². The second kappa shape index (κ2) is 5.48. The monoisotopic (exact) mass is 279 g/mol. The van der Waals surface area contributed by atoms with Crippen LogP contribution in [-0.4, -0.2) is 11.3 Å². The average Bonchev–Trinajstić information content (AvgIpc) is 2.32. The van der Waals surface area contributed by atoms with E-state index in [1.165, 1.54) is 0 Å². The molecule has 2 nitrogen and oxygen atoms in total. The largest absolute Gasteiger partial charge is 0.298 e. The number of nitrogens with zero attached hydrogens (tertiary/aromatic N) is 1. The lowest BCUT2D eigenvalue weighted by molar-refractivity contribution is 0.112. The quantitative estimate of drug-likeness (QED) is 0.797. The Morgan fingerprint density at radius 3 is 2.26 bits per heavy atom. The van der Waals surface area contributed by atoms with Gasteiger partial charge in [-0.15, -0.1) is 0 Å². The summed E-state index contributed by atoms with van der Waals surface area (Å²) in [5.41, 5.74) is 1.74. The normalized spacial score (nSPS) is 10.5. The summed E-state index contributed by atoms with van der Waals surface area (Å²) in [5, 5.41) is 0.522. The topological polar surface area (TPSA) is 30.0 Å². The van der Waals surface area contributed by atoms with E-state index in [9.17, 15) is 13.6 Å². The van der Waals surface area contributed by atoms with E-state index in [-0.39, 0.29) is 10.5 Å². The highest BCUT2D eigenvalue weighted by Gasteiger charge is 2.13. The van der Waals surface area contributed by atoms with Gasteiger partial charge < -0.3 is 0 Å². The third-order valence-corrected chi connectivity index (χ3v) is 3.45. The molecule has 0 aliphatic rings. The van der Waals surface area contributed by atoms with Crippen LogP contribution in [0.25, 0.3) is 0 Å². The summed E-state index contributed by atoms with van der Waals surface area (Å²) < 4.78 is 27.5. The average molecular weight is 279 g/mol. The number of benzene rings is 1. The molecule has 98 valence electrons. The van der Waals surface area contributed by atoms with Crippen molar-refractivity contribution in [2.75, 3.05) is 0 Å². The molecule has 1 heterocycles. The Labute approximate surface area is 113 Å². The molecule has 0 saturated carbocycles. The molecule has 1 aromatic heterocycles. The number of rotatable bonds is 3. The molecule has 2 rings (SSSR count). The van der Waals surface area contributed by atoms with Crippen LogP contribution in [0.4, 0.5) is 8.78 Å². The summed E-state index contributed by atoms with van der Waals surface area (Å²) in [7, 11) is 0. The van der Waals surface area contributed by atoms with Crippen LogP contribution in [0.2, 0.25) is 0 Å². The van der Waals surface area contributed by atoms with Crippen molar-refractivity contribution < 1.29 is 13.6 Å². The molecule has 0 fully saturated rings. The predicted molar refractivity (Wildman–Crippen MR) is 69.6 cm³/mol. The van der Waals surface area contributed by atoms with Gasteiger partial charge in [-0.05, 0) is 43.7 Å². The zero-order valence-corrected chi connectivity index (χ0v) is 11.2. The number of hydrogen-bond acceptors (Lipinski definition) is 3. The molecular formula is C14H11F2NOS. The number of carbonyl (C=O) groups excluding carboxylic acids is 1. The summed E-state index contributed by atoms with van der Waals surface area (Å²) in [5.74, 6) is -1.51. The second-order valence-electron chi connectivity index (χ2n) is 4.16. The van der Waals surface area contributed by atoms with Gasteiger partial charge in [0.15, 0.2) is 0 Å². The molecule has 0 radical (unpaired) electrons. The van der Waals surface area contributed by atoms with Crippen LogP contribution in [0.5, 0.6) is 0 Å². The maximum atomic E-state index is 13.7. The second-order valence-corrected chi connectivity index (χ2v) is 5.19. The molecule has 2 aromatic rings. The first-order valence-electron chi connectivity index (χ1n) is 5.57. The number of aromatic nitrogens is 1. The molecule has 0 aliphatic carbocycles. The molecule has 0 saturated heterocycles. The molecule has 19 heavy (non-hydrogen) atoms. The van der Waals surface area contributed by atoms with Crippen molar-refractivity contribution in [2.45, 2.75) is 23.8 Å². The van der Waals surface area contributed by atoms with Gasteiger partial charge in [-0.3, -0.25) is 4.79 Å². The van der Waals surface area contributed by atoms with Crippen molar-refractivity contribution >= 4 is 18.0 Å². The maximum Gasteiger partial charge on any atom is 0.150 e. The molecule has 0 amide bonds. The minimum atomic E-state index is -0.756. The lowest BCUT2D eigenvalue weighted by Crippen LogP contribution is -1.93. The van der Waals surface area contributed by atoms with Crippen LogP contribution in [-0.2, 0) is 0 Å². The molecule has 0 unspecified atom stereocenters. The number of aldehydes is 1. The highest BCUT2D eigenvalue weighted by molar-refractivity contribution is 7.99. The van der Waals surface area contributed by atoms with Crippen LogP contribution >= 0.6 is 11.8 Å². The molecule has 0 bridgehead atoms. The first-order chi connectivity index (χ1) is 8.99. The fraction of sp³-hybridized carbons (Fsp3) is 0.143. The van der Waals surface area contributed by atoms with Crippen LogP contribution in [0.1, 0.15) is 21.6 Å². The molecule has 0 atom stereocenters. The summed E-state index contributed by atoms with van der Waals surface area (Å²) in [6, 6.07) is 5.67. The molecule has 1 aromatic carbocycles. The van der Waals surface area contributed by atoms with E-state index in [0.717, 1.165) is 35.2 Å². The first-order valence-corrected chi connectivity index (χ1v) is 6.38. The minimum absolute atomic E-state index is 0.0206. The fourth-order valence-electron chi connectivity index (χ4n) is 1.71. The third-order valence-electron chi connectivity index (χ3n) is 2.44. The number of carbonyl (C=O) groups is 1. The minimum Gasteiger partial charge on any atom is -0.298 e. The number of hydrogen-bond donors (Lipinski definition) is 0. The Bertz CT molecular complexity index is 600. The van der Waals surface area contributed by atoms with Crippen molar-refractivity contribution in [3.63, 3.8) is 0 Å². The van der Waals surface area contributed by atoms with Gasteiger partial charge in [-0.1, -0.05) is 11.8 Å². The lowest BCUT2D eigenvalue weighted by Gasteiger charge is -2.06. The van der Waals surface area contributed by atoms with E-state index in [0.29, 0.717) is 11.3 Å². The summed E-state index contributed by atoms with van der Waals surface area (Å²) in [6.07, 6.45) is 0.412. The van der Waals surface area contributed by atoms with E-state index in [1.807, 2.05) is 19.9 Å². The molecule has 0 aliphatic heterocycles. The van der Waals surface area contributed by atoms with Crippen molar-refractivity contribution in [3.8, 4) is 0 Å². The van der Waals surface area contributed by atoms with E-state index in [1.54, 1.807) is 6.07 Å². The Morgan fingerprint density at radius 1 is 1.11 bits per heavy atom. The fourth-order valence-corrected chi connectivity index (χ4v) is 2.66. The Morgan fingerprint density at radius 2 is 1.74 bits per heavy atom. The number of aryl methyl sites for hydroxylation is 2. The Balaban J connectivity index is 2.40. The van der Waals surface area contributed by atoms with Crippen LogP contribution < -0.4 is 0 Å². The number of halogens is 2. The van der Waals surface area contributed by atoms with E-state index >= 15 is 0 Å². The smallest absolute Gasteiger partial charge is 0.150 e. The molecule has 0 spiro atoms. The van der Waals surface area contributed by atoms with E-state index in [4.69, 9.17) is 0 Å². The molecule has 5 heteroatoms. The highest BCUT2D eigenvalue weighted by Crippen LogP contribution is 2.32.